The first-order chi connectivity index (χ1) is 7.04. The third-order valence-electron chi connectivity index (χ3n) is 3.33. The lowest BCUT2D eigenvalue weighted by atomic mass is 9.91. The summed E-state index contributed by atoms with van der Waals surface area (Å²) in [6.07, 6.45) is 2.92. The molecular formula is C11H18O4. The molecule has 3 unspecified atom stereocenters. The van der Waals surface area contributed by atoms with Crippen LogP contribution in [0.15, 0.2) is 0 Å². The van der Waals surface area contributed by atoms with Gasteiger partial charge in [0.05, 0.1) is 13.0 Å². The van der Waals surface area contributed by atoms with Gasteiger partial charge in [-0.25, -0.2) is 0 Å². The largest absolute Gasteiger partial charge is 0.481 e. The Bertz CT molecular complexity index is 249. The molecule has 0 spiro atoms. The quantitative estimate of drug-likeness (QED) is 0.723. The number of esters is 1. The van der Waals surface area contributed by atoms with E-state index in [1.54, 1.807) is 0 Å². The molecule has 1 aliphatic carbocycles. The number of methoxy groups -OCH3 is 1. The van der Waals surface area contributed by atoms with Crippen LogP contribution in [0.3, 0.4) is 0 Å². The summed E-state index contributed by atoms with van der Waals surface area (Å²) in [5.41, 5.74) is 0. The van der Waals surface area contributed by atoms with Gasteiger partial charge in [0.1, 0.15) is 0 Å². The van der Waals surface area contributed by atoms with Crippen LogP contribution in [0.5, 0.6) is 0 Å². The Labute approximate surface area is 89.6 Å². The zero-order chi connectivity index (χ0) is 11.4. The molecule has 0 saturated heterocycles. The second-order valence-electron chi connectivity index (χ2n) is 4.35. The van der Waals surface area contributed by atoms with Gasteiger partial charge >= 0.3 is 11.9 Å². The van der Waals surface area contributed by atoms with Crippen LogP contribution in [0.25, 0.3) is 0 Å². The number of hydrogen-bond acceptors (Lipinski definition) is 3. The van der Waals surface area contributed by atoms with Gasteiger partial charge in [0.25, 0.3) is 0 Å². The first-order valence-corrected chi connectivity index (χ1v) is 5.34. The van der Waals surface area contributed by atoms with Crippen molar-refractivity contribution in [3.8, 4) is 0 Å². The van der Waals surface area contributed by atoms with Crippen LogP contribution in [0.1, 0.15) is 32.6 Å². The maximum atomic E-state index is 11.3. The monoisotopic (exact) mass is 214 g/mol. The minimum atomic E-state index is -0.744. The Morgan fingerprint density at radius 2 is 2.13 bits per heavy atom. The molecule has 15 heavy (non-hydrogen) atoms. The smallest absolute Gasteiger partial charge is 0.308 e. The molecule has 86 valence electrons. The number of rotatable bonds is 4. The van der Waals surface area contributed by atoms with Gasteiger partial charge in [-0.15, -0.1) is 0 Å². The second kappa shape index (κ2) is 5.14. The molecule has 0 radical (unpaired) electrons. The van der Waals surface area contributed by atoms with Crippen molar-refractivity contribution in [3.05, 3.63) is 0 Å². The van der Waals surface area contributed by atoms with Gasteiger partial charge in [0.15, 0.2) is 0 Å². The van der Waals surface area contributed by atoms with Crippen molar-refractivity contribution < 1.29 is 19.4 Å². The summed E-state index contributed by atoms with van der Waals surface area (Å²) < 4.78 is 4.69. The third-order valence-corrected chi connectivity index (χ3v) is 3.33. The minimum absolute atomic E-state index is 0.103. The van der Waals surface area contributed by atoms with Gasteiger partial charge in [-0.1, -0.05) is 6.92 Å². The summed E-state index contributed by atoms with van der Waals surface area (Å²) in [5, 5.41) is 8.66. The molecule has 0 aromatic heterocycles. The van der Waals surface area contributed by atoms with E-state index in [-0.39, 0.29) is 24.2 Å². The molecule has 3 atom stereocenters. The van der Waals surface area contributed by atoms with Gasteiger partial charge in [-0.05, 0) is 31.1 Å². The van der Waals surface area contributed by atoms with Gasteiger partial charge < -0.3 is 9.84 Å². The number of hydrogen-bond donors (Lipinski definition) is 1. The topological polar surface area (TPSA) is 63.6 Å². The summed E-state index contributed by atoms with van der Waals surface area (Å²) >= 11 is 0. The number of carbonyl (C=O) groups excluding carboxylic acids is 1. The highest BCUT2D eigenvalue weighted by atomic mass is 16.5. The van der Waals surface area contributed by atoms with Crippen molar-refractivity contribution in [3.63, 3.8) is 0 Å². The number of carbonyl (C=O) groups is 2. The van der Waals surface area contributed by atoms with E-state index in [4.69, 9.17) is 5.11 Å². The molecule has 4 nitrogen and oxygen atoms in total. The molecule has 0 amide bonds. The van der Waals surface area contributed by atoms with Crippen molar-refractivity contribution in [1.82, 2.24) is 0 Å². The highest BCUT2D eigenvalue weighted by molar-refractivity contribution is 5.72. The second-order valence-corrected chi connectivity index (χ2v) is 4.35. The normalized spacial score (nSPS) is 27.3. The summed E-state index contributed by atoms with van der Waals surface area (Å²) in [5.74, 6) is -0.502. The number of carboxylic acids is 1. The minimum Gasteiger partial charge on any atom is -0.481 e. The number of ether oxygens (including phenoxy) is 1. The maximum absolute atomic E-state index is 11.3. The summed E-state index contributed by atoms with van der Waals surface area (Å²) in [6.45, 7) is 1.86. The van der Waals surface area contributed by atoms with Gasteiger partial charge in [0.2, 0.25) is 0 Å². The van der Waals surface area contributed by atoms with Crippen LogP contribution in [-0.4, -0.2) is 24.2 Å². The Balaban J connectivity index is 2.41. The van der Waals surface area contributed by atoms with Crippen LogP contribution in [0, 0.1) is 17.8 Å². The van der Waals surface area contributed by atoms with Crippen molar-refractivity contribution >= 4 is 11.9 Å². The van der Waals surface area contributed by atoms with Gasteiger partial charge in [0, 0.05) is 6.42 Å². The molecule has 4 heteroatoms. The third kappa shape index (κ3) is 3.22. The van der Waals surface area contributed by atoms with E-state index in [0.29, 0.717) is 5.92 Å². The van der Waals surface area contributed by atoms with Gasteiger partial charge in [-0.2, -0.15) is 0 Å². The highest BCUT2D eigenvalue weighted by Crippen LogP contribution is 2.37. The van der Waals surface area contributed by atoms with Crippen LogP contribution in [0.2, 0.25) is 0 Å². The Hall–Kier alpha value is -1.06. The van der Waals surface area contributed by atoms with Crippen molar-refractivity contribution in [2.24, 2.45) is 17.8 Å². The first kappa shape index (κ1) is 12.0. The predicted octanol–water partition coefficient (Wildman–Crippen LogP) is 1.69. The SMILES string of the molecule is COC(=O)C(C)C1CCC(CC(=O)O)C1. The van der Waals surface area contributed by atoms with Crippen LogP contribution >= 0.6 is 0 Å². The Morgan fingerprint density at radius 1 is 1.47 bits per heavy atom. The fraction of sp³-hybridized carbons (Fsp3) is 0.818. The molecule has 0 aromatic rings. The molecule has 1 aliphatic rings. The lowest BCUT2D eigenvalue weighted by molar-refractivity contribution is -0.146. The standard InChI is InChI=1S/C11H18O4/c1-7(11(14)15-2)9-4-3-8(5-9)6-10(12)13/h7-9H,3-6H2,1-2H3,(H,12,13). The van der Waals surface area contributed by atoms with E-state index in [1.165, 1.54) is 7.11 Å². The highest BCUT2D eigenvalue weighted by Gasteiger charge is 2.33. The molecule has 0 bridgehead atoms. The predicted molar refractivity (Wildman–Crippen MR) is 54.3 cm³/mol. The molecule has 1 saturated carbocycles. The van der Waals surface area contributed by atoms with E-state index >= 15 is 0 Å². The Kier molecular flexibility index (Phi) is 4.12. The molecule has 0 heterocycles. The molecule has 0 aromatic carbocycles. The zero-order valence-electron chi connectivity index (χ0n) is 9.23. The first-order valence-electron chi connectivity index (χ1n) is 5.34. The average molecular weight is 214 g/mol. The molecule has 0 aliphatic heterocycles. The maximum Gasteiger partial charge on any atom is 0.308 e. The van der Waals surface area contributed by atoms with E-state index in [9.17, 15) is 9.59 Å². The van der Waals surface area contributed by atoms with Crippen LogP contribution in [-0.2, 0) is 14.3 Å². The van der Waals surface area contributed by atoms with Gasteiger partial charge in [-0.3, -0.25) is 9.59 Å². The fourth-order valence-electron chi connectivity index (χ4n) is 2.38. The molecule has 1 N–H and O–H groups in total. The lowest BCUT2D eigenvalue weighted by Gasteiger charge is -2.16. The van der Waals surface area contributed by atoms with E-state index < -0.39 is 5.97 Å². The van der Waals surface area contributed by atoms with E-state index in [2.05, 4.69) is 4.74 Å². The van der Waals surface area contributed by atoms with Crippen LogP contribution < -0.4 is 0 Å². The van der Waals surface area contributed by atoms with Crippen LogP contribution in [0.4, 0.5) is 0 Å². The number of carboxylic acid groups (broad SMARTS) is 1. The summed E-state index contributed by atoms with van der Waals surface area (Å²) in [4.78, 5) is 21.8. The van der Waals surface area contributed by atoms with Crippen molar-refractivity contribution in [2.45, 2.75) is 32.6 Å². The number of aliphatic carboxylic acids is 1. The van der Waals surface area contributed by atoms with Crippen molar-refractivity contribution in [1.29, 1.82) is 0 Å². The lowest BCUT2D eigenvalue weighted by Crippen LogP contribution is -2.20. The summed E-state index contributed by atoms with van der Waals surface area (Å²) in [7, 11) is 1.39. The van der Waals surface area contributed by atoms with E-state index in [0.717, 1.165) is 19.3 Å². The zero-order valence-corrected chi connectivity index (χ0v) is 9.23. The van der Waals surface area contributed by atoms with E-state index in [1.807, 2.05) is 6.92 Å². The average Bonchev–Trinajstić information content (AvgIpc) is 2.63. The fourth-order valence-corrected chi connectivity index (χ4v) is 2.38. The summed E-state index contributed by atoms with van der Waals surface area (Å²) in [6, 6.07) is 0. The van der Waals surface area contributed by atoms with Crippen molar-refractivity contribution in [2.75, 3.05) is 7.11 Å². The Morgan fingerprint density at radius 3 is 2.67 bits per heavy atom. The molecular weight excluding hydrogens is 196 g/mol. The molecule has 1 rings (SSSR count). The molecule has 1 fully saturated rings.